The van der Waals surface area contributed by atoms with Crippen LogP contribution < -0.4 is 10.0 Å². The molecule has 0 atom stereocenters. The fraction of sp³-hybridized carbons (Fsp3) is 0.0455. The van der Waals surface area contributed by atoms with Gasteiger partial charge in [-0.3, -0.25) is 14.6 Å². The number of sulfonamides is 1. The largest absolute Gasteiger partial charge is 0.322 e. The molecule has 3 N–H and O–H groups in total. The lowest BCUT2D eigenvalue weighted by atomic mass is 10.1. The number of carbonyl (C=O) groups excluding carboxylic acids is 1. The van der Waals surface area contributed by atoms with Crippen LogP contribution in [0, 0.1) is 12.7 Å². The zero-order chi connectivity index (χ0) is 22.7. The van der Waals surface area contributed by atoms with Crippen molar-refractivity contribution in [3.05, 3.63) is 90.0 Å². The van der Waals surface area contributed by atoms with E-state index in [0.29, 0.717) is 17.3 Å². The minimum Gasteiger partial charge on any atom is -0.322 e. The van der Waals surface area contributed by atoms with Crippen molar-refractivity contribution in [3.63, 3.8) is 0 Å². The van der Waals surface area contributed by atoms with Crippen molar-refractivity contribution in [3.8, 4) is 11.4 Å². The Morgan fingerprint density at radius 3 is 2.28 bits per heavy atom. The van der Waals surface area contributed by atoms with Gasteiger partial charge in [-0.25, -0.2) is 17.8 Å². The topological polar surface area (TPSA) is 117 Å². The van der Waals surface area contributed by atoms with Crippen molar-refractivity contribution in [1.82, 2.24) is 15.2 Å². The van der Waals surface area contributed by atoms with Crippen molar-refractivity contribution in [2.75, 3.05) is 10.0 Å². The normalized spacial score (nSPS) is 11.2. The summed E-state index contributed by atoms with van der Waals surface area (Å²) in [7, 11) is -4.00. The van der Waals surface area contributed by atoms with Gasteiger partial charge in [0.15, 0.2) is 5.82 Å². The number of hydrogen-bond donors (Lipinski definition) is 3. The van der Waals surface area contributed by atoms with Gasteiger partial charge in [0, 0.05) is 16.8 Å². The number of hydrogen-bond acceptors (Lipinski definition) is 5. The van der Waals surface area contributed by atoms with Gasteiger partial charge in [0.2, 0.25) is 0 Å². The fourth-order valence-electron chi connectivity index (χ4n) is 2.91. The Morgan fingerprint density at radius 1 is 0.969 bits per heavy atom. The molecule has 0 saturated heterocycles. The third kappa shape index (κ3) is 4.65. The molecule has 0 spiro atoms. The Labute approximate surface area is 183 Å². The number of rotatable bonds is 6. The molecule has 10 heteroatoms. The van der Waals surface area contributed by atoms with Gasteiger partial charge >= 0.3 is 0 Å². The first-order valence-electron chi connectivity index (χ1n) is 9.50. The Morgan fingerprint density at radius 2 is 1.66 bits per heavy atom. The molecule has 0 aliphatic carbocycles. The van der Waals surface area contributed by atoms with E-state index in [0.717, 1.165) is 11.6 Å². The van der Waals surface area contributed by atoms with Crippen LogP contribution in [0.4, 0.5) is 15.8 Å². The summed E-state index contributed by atoms with van der Waals surface area (Å²) in [5.74, 6) is 0.168. The molecule has 0 bridgehead atoms. The highest BCUT2D eigenvalue weighted by atomic mass is 32.2. The summed E-state index contributed by atoms with van der Waals surface area (Å²) in [6.07, 6.45) is 0. The monoisotopic (exact) mass is 451 g/mol. The van der Waals surface area contributed by atoms with E-state index in [1.165, 1.54) is 42.5 Å². The molecule has 0 unspecified atom stereocenters. The van der Waals surface area contributed by atoms with Crippen LogP contribution in [0.25, 0.3) is 11.4 Å². The second kappa shape index (κ2) is 8.60. The van der Waals surface area contributed by atoms with Gasteiger partial charge in [-0.2, -0.15) is 5.10 Å². The van der Waals surface area contributed by atoms with Crippen molar-refractivity contribution in [2.24, 2.45) is 0 Å². The highest BCUT2D eigenvalue weighted by Gasteiger charge is 2.17. The zero-order valence-corrected chi connectivity index (χ0v) is 17.7. The van der Waals surface area contributed by atoms with Crippen molar-refractivity contribution in [2.45, 2.75) is 11.8 Å². The van der Waals surface area contributed by atoms with E-state index in [1.807, 2.05) is 0 Å². The molecule has 1 amide bonds. The van der Waals surface area contributed by atoms with E-state index < -0.39 is 21.7 Å². The molecule has 32 heavy (non-hydrogen) atoms. The standard InChI is InChI=1S/C22H18FN5O3S/c1-14-24-21(27-26-14)15-6-10-17(11-7-15)25-22(29)16-8-12-18(13-9-16)32(30,31)28-20-5-3-2-4-19(20)23/h2-13,28H,1H3,(H,25,29)(H,24,26,27). The number of aromatic nitrogens is 3. The van der Waals surface area contributed by atoms with Crippen molar-refractivity contribution >= 4 is 27.3 Å². The molecule has 0 aliphatic rings. The molecule has 162 valence electrons. The number of amides is 1. The van der Waals surface area contributed by atoms with E-state index in [-0.39, 0.29) is 16.1 Å². The number of nitrogens with zero attached hydrogens (tertiary/aromatic N) is 2. The van der Waals surface area contributed by atoms with Gasteiger partial charge in [-0.05, 0) is 67.6 Å². The van der Waals surface area contributed by atoms with E-state index in [9.17, 15) is 17.6 Å². The molecule has 0 radical (unpaired) electrons. The number of H-pyrrole nitrogens is 1. The van der Waals surface area contributed by atoms with Crippen molar-refractivity contribution < 1.29 is 17.6 Å². The molecule has 4 aromatic rings. The summed E-state index contributed by atoms with van der Waals surface area (Å²) in [5.41, 5.74) is 1.47. The smallest absolute Gasteiger partial charge is 0.261 e. The average molecular weight is 451 g/mol. The molecule has 1 heterocycles. The third-order valence-corrected chi connectivity index (χ3v) is 5.92. The quantitative estimate of drug-likeness (QED) is 0.410. The molecule has 0 aliphatic heterocycles. The molecule has 1 aromatic heterocycles. The van der Waals surface area contributed by atoms with E-state index in [4.69, 9.17) is 0 Å². The van der Waals surface area contributed by atoms with Crippen molar-refractivity contribution in [1.29, 1.82) is 0 Å². The summed E-state index contributed by atoms with van der Waals surface area (Å²) in [6, 6.07) is 17.8. The summed E-state index contributed by atoms with van der Waals surface area (Å²) in [6.45, 7) is 1.80. The molecule has 0 fully saturated rings. The first-order chi connectivity index (χ1) is 15.3. The number of aryl methyl sites for hydroxylation is 1. The Kier molecular flexibility index (Phi) is 5.69. The van der Waals surface area contributed by atoms with Crippen LogP contribution in [0.1, 0.15) is 16.2 Å². The van der Waals surface area contributed by atoms with E-state index in [2.05, 4.69) is 25.2 Å². The Bertz CT molecular complexity index is 1370. The lowest BCUT2D eigenvalue weighted by molar-refractivity contribution is 0.102. The minimum absolute atomic E-state index is 0.0940. The predicted octanol–water partition coefficient (Wildman–Crippen LogP) is 3.97. The van der Waals surface area contributed by atoms with Crippen LogP contribution in [0.3, 0.4) is 0 Å². The highest BCUT2D eigenvalue weighted by molar-refractivity contribution is 7.92. The maximum Gasteiger partial charge on any atom is 0.261 e. The summed E-state index contributed by atoms with van der Waals surface area (Å²) >= 11 is 0. The van der Waals surface area contributed by atoms with Gasteiger partial charge in [0.25, 0.3) is 15.9 Å². The number of para-hydroxylation sites is 1. The lowest BCUT2D eigenvalue weighted by Gasteiger charge is -2.10. The van der Waals surface area contributed by atoms with Gasteiger partial charge < -0.3 is 5.32 Å². The molecule has 4 rings (SSSR count). The zero-order valence-electron chi connectivity index (χ0n) is 16.8. The molecule has 8 nitrogen and oxygen atoms in total. The summed E-state index contributed by atoms with van der Waals surface area (Å²) in [5, 5.41) is 9.60. The maximum atomic E-state index is 13.7. The van der Waals surface area contributed by atoms with Crippen LogP contribution in [0.15, 0.2) is 77.7 Å². The first kappa shape index (κ1) is 21.2. The third-order valence-electron chi connectivity index (χ3n) is 4.54. The first-order valence-corrected chi connectivity index (χ1v) is 11.0. The minimum atomic E-state index is -4.00. The Balaban J connectivity index is 1.44. The van der Waals surface area contributed by atoms with Gasteiger partial charge in [0.05, 0.1) is 10.6 Å². The number of anilines is 2. The van der Waals surface area contributed by atoms with E-state index >= 15 is 0 Å². The van der Waals surface area contributed by atoms with E-state index in [1.54, 1.807) is 31.2 Å². The van der Waals surface area contributed by atoms with Gasteiger partial charge in [-0.15, -0.1) is 0 Å². The number of halogens is 1. The maximum absolute atomic E-state index is 13.7. The van der Waals surface area contributed by atoms with Crippen LogP contribution in [0.2, 0.25) is 0 Å². The SMILES string of the molecule is Cc1nc(-c2ccc(NC(=O)c3ccc(S(=O)(=O)Nc4ccccc4F)cc3)cc2)n[nH]1. The second-order valence-electron chi connectivity index (χ2n) is 6.89. The van der Waals surface area contributed by atoms with Gasteiger partial charge in [-0.1, -0.05) is 12.1 Å². The summed E-state index contributed by atoms with van der Waals surface area (Å²) in [4.78, 5) is 16.7. The molecular weight excluding hydrogens is 433 g/mol. The number of benzene rings is 3. The Hall–Kier alpha value is -4.05. The molecule has 3 aromatic carbocycles. The highest BCUT2D eigenvalue weighted by Crippen LogP contribution is 2.21. The van der Waals surface area contributed by atoms with Gasteiger partial charge in [0.1, 0.15) is 11.6 Å². The second-order valence-corrected chi connectivity index (χ2v) is 8.57. The average Bonchev–Trinajstić information content (AvgIpc) is 3.22. The number of nitrogens with one attached hydrogen (secondary N) is 3. The number of carbonyl (C=O) groups is 1. The van der Waals surface area contributed by atoms with Crippen LogP contribution in [0.5, 0.6) is 0 Å². The van der Waals surface area contributed by atoms with Crippen LogP contribution >= 0.6 is 0 Å². The fourth-order valence-corrected chi connectivity index (χ4v) is 3.98. The molecule has 0 saturated carbocycles. The lowest BCUT2D eigenvalue weighted by Crippen LogP contribution is -2.15. The van der Waals surface area contributed by atoms with Crippen LogP contribution in [-0.2, 0) is 10.0 Å². The molecular formula is C22H18FN5O3S. The van der Waals surface area contributed by atoms with Crippen LogP contribution in [-0.4, -0.2) is 29.5 Å². The predicted molar refractivity (Wildman–Crippen MR) is 118 cm³/mol. The summed E-state index contributed by atoms with van der Waals surface area (Å²) < 4.78 is 40.9. The number of aromatic amines is 1.